The van der Waals surface area contributed by atoms with E-state index in [2.05, 4.69) is 24.1 Å². The number of carbonyl (C=O) groups excluding carboxylic acids is 1. The molecule has 1 heterocycles. The van der Waals surface area contributed by atoms with Crippen molar-refractivity contribution >= 4 is 17.5 Å². The Morgan fingerprint density at radius 1 is 1.38 bits per heavy atom. The summed E-state index contributed by atoms with van der Waals surface area (Å²) in [6.07, 6.45) is 5.08. The molecule has 116 valence electrons. The van der Waals surface area contributed by atoms with Gasteiger partial charge in [0.1, 0.15) is 5.82 Å². The van der Waals surface area contributed by atoms with Crippen LogP contribution in [0.3, 0.4) is 0 Å². The Morgan fingerprint density at radius 3 is 2.67 bits per heavy atom. The molecule has 5 heteroatoms. The highest BCUT2D eigenvalue weighted by Crippen LogP contribution is 2.31. The van der Waals surface area contributed by atoms with Crippen LogP contribution in [-0.2, 0) is 4.74 Å². The van der Waals surface area contributed by atoms with Crippen molar-refractivity contribution in [1.82, 2.24) is 4.98 Å². The Bertz CT molecular complexity index is 494. The zero-order valence-electron chi connectivity index (χ0n) is 13.1. The zero-order valence-corrected chi connectivity index (χ0v) is 13.1. The summed E-state index contributed by atoms with van der Waals surface area (Å²) >= 11 is 0. The first-order chi connectivity index (χ1) is 10.0. The normalized spacial score (nSPS) is 25.4. The minimum absolute atomic E-state index is 0.334. The molecule has 0 saturated heterocycles. The lowest BCUT2D eigenvalue weighted by Gasteiger charge is -2.32. The van der Waals surface area contributed by atoms with Crippen molar-refractivity contribution in [2.45, 2.75) is 46.1 Å². The molecule has 0 spiro atoms. The van der Waals surface area contributed by atoms with Crippen LogP contribution in [-0.4, -0.2) is 23.6 Å². The molecule has 0 radical (unpaired) electrons. The number of hydrogen-bond donors (Lipinski definition) is 2. The third-order valence-electron chi connectivity index (χ3n) is 4.00. The summed E-state index contributed by atoms with van der Waals surface area (Å²) in [5.41, 5.74) is 6.83. The summed E-state index contributed by atoms with van der Waals surface area (Å²) in [6, 6.07) is 1.96. The van der Waals surface area contributed by atoms with Crippen LogP contribution >= 0.6 is 0 Å². The Kier molecular flexibility index (Phi) is 5.04. The highest BCUT2D eigenvalue weighted by atomic mass is 16.5. The number of nitrogens with one attached hydrogen (secondary N) is 1. The Labute approximate surface area is 126 Å². The molecule has 0 aliphatic heterocycles. The largest absolute Gasteiger partial charge is 0.462 e. The van der Waals surface area contributed by atoms with Crippen LogP contribution in [0.4, 0.5) is 11.5 Å². The van der Waals surface area contributed by atoms with E-state index >= 15 is 0 Å². The van der Waals surface area contributed by atoms with Gasteiger partial charge in [0.2, 0.25) is 0 Å². The SMILES string of the molecule is CCOC(=O)c1ccnc(NC2CC(C)CC(C)C2)c1N. The number of anilines is 2. The van der Waals surface area contributed by atoms with Gasteiger partial charge in [0.25, 0.3) is 0 Å². The fraction of sp³-hybridized carbons (Fsp3) is 0.625. The molecule has 1 saturated carbocycles. The average molecular weight is 291 g/mol. The van der Waals surface area contributed by atoms with E-state index in [1.165, 1.54) is 6.42 Å². The van der Waals surface area contributed by atoms with Crippen LogP contribution in [0, 0.1) is 11.8 Å². The smallest absolute Gasteiger partial charge is 0.340 e. The van der Waals surface area contributed by atoms with Crippen LogP contribution in [0.25, 0.3) is 0 Å². The van der Waals surface area contributed by atoms with Crippen LogP contribution in [0.15, 0.2) is 12.3 Å². The van der Waals surface area contributed by atoms with E-state index in [-0.39, 0.29) is 0 Å². The molecule has 2 unspecified atom stereocenters. The zero-order chi connectivity index (χ0) is 15.4. The second-order valence-corrected chi connectivity index (χ2v) is 6.10. The highest BCUT2D eigenvalue weighted by Gasteiger charge is 2.25. The number of pyridine rings is 1. The Balaban J connectivity index is 2.13. The van der Waals surface area contributed by atoms with Gasteiger partial charge in [-0.1, -0.05) is 13.8 Å². The summed E-state index contributed by atoms with van der Waals surface area (Å²) in [4.78, 5) is 16.1. The molecule has 21 heavy (non-hydrogen) atoms. The fourth-order valence-electron chi connectivity index (χ4n) is 3.23. The van der Waals surface area contributed by atoms with Crippen molar-refractivity contribution in [3.63, 3.8) is 0 Å². The molecule has 3 N–H and O–H groups in total. The molecule has 2 rings (SSSR count). The molecule has 0 amide bonds. The highest BCUT2D eigenvalue weighted by molar-refractivity contribution is 5.97. The summed E-state index contributed by atoms with van der Waals surface area (Å²) in [7, 11) is 0. The topological polar surface area (TPSA) is 77.2 Å². The maximum atomic E-state index is 11.9. The van der Waals surface area contributed by atoms with Gasteiger partial charge in [0.05, 0.1) is 17.9 Å². The molecule has 1 aromatic rings. The van der Waals surface area contributed by atoms with E-state index in [4.69, 9.17) is 10.5 Å². The van der Waals surface area contributed by atoms with Gasteiger partial charge in [-0.05, 0) is 44.1 Å². The lowest BCUT2D eigenvalue weighted by Crippen LogP contribution is -2.31. The van der Waals surface area contributed by atoms with Crippen LogP contribution in [0.5, 0.6) is 0 Å². The molecule has 1 aliphatic carbocycles. The number of aromatic nitrogens is 1. The molecule has 1 fully saturated rings. The molecular formula is C16H25N3O2. The van der Waals surface area contributed by atoms with E-state index in [1.807, 2.05) is 0 Å². The van der Waals surface area contributed by atoms with Gasteiger partial charge in [-0.2, -0.15) is 0 Å². The predicted octanol–water partition coefficient (Wildman–Crippen LogP) is 3.08. The van der Waals surface area contributed by atoms with Crippen molar-refractivity contribution in [3.05, 3.63) is 17.8 Å². The number of ether oxygens (including phenoxy) is 1. The van der Waals surface area contributed by atoms with Gasteiger partial charge in [-0.3, -0.25) is 0 Å². The Hall–Kier alpha value is -1.78. The summed E-state index contributed by atoms with van der Waals surface area (Å²) < 4.78 is 5.01. The predicted molar refractivity (Wildman–Crippen MR) is 84.2 cm³/mol. The van der Waals surface area contributed by atoms with E-state index < -0.39 is 5.97 Å². The molecule has 1 aliphatic rings. The third kappa shape index (κ3) is 3.86. The number of carbonyl (C=O) groups is 1. The van der Waals surface area contributed by atoms with E-state index in [1.54, 1.807) is 19.2 Å². The monoisotopic (exact) mass is 291 g/mol. The first-order valence-electron chi connectivity index (χ1n) is 7.69. The molecule has 5 nitrogen and oxygen atoms in total. The van der Waals surface area contributed by atoms with E-state index in [9.17, 15) is 4.79 Å². The van der Waals surface area contributed by atoms with Crippen LogP contribution in [0.1, 0.15) is 50.4 Å². The lowest BCUT2D eigenvalue weighted by molar-refractivity contribution is 0.0527. The number of nitrogens with zero attached hydrogens (tertiary/aromatic N) is 1. The molecule has 2 atom stereocenters. The van der Waals surface area contributed by atoms with Gasteiger partial charge in [-0.25, -0.2) is 9.78 Å². The van der Waals surface area contributed by atoms with Crippen molar-refractivity contribution < 1.29 is 9.53 Å². The molecule has 0 aromatic carbocycles. The lowest BCUT2D eigenvalue weighted by atomic mass is 9.80. The number of hydrogen-bond acceptors (Lipinski definition) is 5. The number of nitrogen functional groups attached to an aromatic ring is 1. The van der Waals surface area contributed by atoms with E-state index in [0.29, 0.717) is 41.6 Å². The second kappa shape index (κ2) is 6.78. The van der Waals surface area contributed by atoms with Gasteiger partial charge in [-0.15, -0.1) is 0 Å². The number of nitrogens with two attached hydrogens (primary N) is 1. The minimum atomic E-state index is -0.397. The van der Waals surface area contributed by atoms with Crippen molar-refractivity contribution in [2.75, 3.05) is 17.7 Å². The van der Waals surface area contributed by atoms with E-state index in [0.717, 1.165) is 12.8 Å². The molecular weight excluding hydrogens is 266 g/mol. The minimum Gasteiger partial charge on any atom is -0.462 e. The van der Waals surface area contributed by atoms with Gasteiger partial charge in [0, 0.05) is 12.2 Å². The van der Waals surface area contributed by atoms with Gasteiger partial charge < -0.3 is 15.8 Å². The number of esters is 1. The number of rotatable bonds is 4. The summed E-state index contributed by atoms with van der Waals surface area (Å²) in [5.74, 6) is 1.58. The van der Waals surface area contributed by atoms with Gasteiger partial charge >= 0.3 is 5.97 Å². The fourth-order valence-corrected chi connectivity index (χ4v) is 3.23. The maximum absolute atomic E-state index is 11.9. The summed E-state index contributed by atoms with van der Waals surface area (Å²) in [6.45, 7) is 6.66. The third-order valence-corrected chi connectivity index (χ3v) is 4.00. The average Bonchev–Trinajstić information content (AvgIpc) is 2.40. The van der Waals surface area contributed by atoms with Gasteiger partial charge in [0.15, 0.2) is 0 Å². The van der Waals surface area contributed by atoms with Crippen LogP contribution < -0.4 is 11.1 Å². The molecule has 0 bridgehead atoms. The first kappa shape index (κ1) is 15.6. The maximum Gasteiger partial charge on any atom is 0.340 e. The van der Waals surface area contributed by atoms with Crippen LogP contribution in [0.2, 0.25) is 0 Å². The van der Waals surface area contributed by atoms with Crippen molar-refractivity contribution in [1.29, 1.82) is 0 Å². The van der Waals surface area contributed by atoms with Crippen molar-refractivity contribution in [3.8, 4) is 0 Å². The first-order valence-corrected chi connectivity index (χ1v) is 7.69. The van der Waals surface area contributed by atoms with Crippen molar-refractivity contribution in [2.24, 2.45) is 11.8 Å². The Morgan fingerprint density at radius 2 is 2.05 bits per heavy atom. The molecule has 1 aromatic heterocycles. The quantitative estimate of drug-likeness (QED) is 0.834. The summed E-state index contributed by atoms with van der Waals surface area (Å²) in [5, 5.41) is 3.40. The standard InChI is InChI=1S/C16H25N3O2/c1-4-21-16(20)13-5-6-18-15(14(13)17)19-12-8-10(2)7-11(3)9-12/h5-6,10-12H,4,7-9,17H2,1-3H3,(H,18,19). The second-order valence-electron chi connectivity index (χ2n) is 6.10.